The van der Waals surface area contributed by atoms with Gasteiger partial charge >= 0.3 is 0 Å². The van der Waals surface area contributed by atoms with Crippen LogP contribution < -0.4 is 0 Å². The van der Waals surface area contributed by atoms with Crippen LogP contribution in [0.2, 0.25) is 5.02 Å². The van der Waals surface area contributed by atoms with E-state index < -0.39 is 0 Å². The molecule has 0 N–H and O–H groups in total. The van der Waals surface area contributed by atoms with E-state index in [0.717, 1.165) is 22.1 Å². The van der Waals surface area contributed by atoms with Gasteiger partial charge in [-0.1, -0.05) is 30.7 Å². The minimum absolute atomic E-state index is 0.202. The normalized spacial score (nSPS) is 10.4. The SMILES string of the molecule is CCCSCCC(=O)N(C)Cc1ccc(Cl)cc1. The van der Waals surface area contributed by atoms with Crippen molar-refractivity contribution in [2.45, 2.75) is 26.3 Å². The van der Waals surface area contributed by atoms with Crippen molar-refractivity contribution in [2.24, 2.45) is 0 Å². The number of carbonyl (C=O) groups excluding carboxylic acids is 1. The number of benzene rings is 1. The van der Waals surface area contributed by atoms with E-state index in [2.05, 4.69) is 6.92 Å². The van der Waals surface area contributed by atoms with Gasteiger partial charge in [0.25, 0.3) is 0 Å². The zero-order valence-electron chi connectivity index (χ0n) is 11.0. The molecule has 0 aromatic heterocycles. The van der Waals surface area contributed by atoms with E-state index in [1.165, 1.54) is 6.42 Å². The highest BCUT2D eigenvalue weighted by molar-refractivity contribution is 7.99. The molecule has 2 nitrogen and oxygen atoms in total. The maximum Gasteiger partial charge on any atom is 0.223 e. The van der Waals surface area contributed by atoms with Crippen molar-refractivity contribution < 1.29 is 4.79 Å². The van der Waals surface area contributed by atoms with Crippen molar-refractivity contribution in [1.82, 2.24) is 4.90 Å². The van der Waals surface area contributed by atoms with Gasteiger partial charge in [0.05, 0.1) is 0 Å². The molecule has 0 fully saturated rings. The summed E-state index contributed by atoms with van der Waals surface area (Å²) in [6.45, 7) is 2.80. The summed E-state index contributed by atoms with van der Waals surface area (Å²) in [7, 11) is 1.85. The van der Waals surface area contributed by atoms with Crippen LogP contribution in [0.1, 0.15) is 25.3 Å². The molecule has 1 aromatic rings. The van der Waals surface area contributed by atoms with E-state index in [9.17, 15) is 4.79 Å². The fourth-order valence-electron chi connectivity index (χ4n) is 1.55. The van der Waals surface area contributed by atoms with Gasteiger partial charge in [-0.15, -0.1) is 0 Å². The lowest BCUT2D eigenvalue weighted by Crippen LogP contribution is -2.26. The molecule has 0 radical (unpaired) electrons. The molecular formula is C14H20ClNOS. The molecule has 18 heavy (non-hydrogen) atoms. The first kappa shape index (κ1) is 15.4. The minimum Gasteiger partial charge on any atom is -0.341 e. The first-order valence-corrected chi connectivity index (χ1v) is 7.73. The summed E-state index contributed by atoms with van der Waals surface area (Å²) in [5, 5.41) is 0.726. The molecule has 1 aromatic carbocycles. The van der Waals surface area contributed by atoms with Gasteiger partial charge in [-0.25, -0.2) is 0 Å². The lowest BCUT2D eigenvalue weighted by Gasteiger charge is -2.17. The van der Waals surface area contributed by atoms with Gasteiger partial charge in [-0.2, -0.15) is 11.8 Å². The van der Waals surface area contributed by atoms with Crippen LogP contribution in [0.3, 0.4) is 0 Å². The molecule has 0 saturated heterocycles. The number of rotatable bonds is 7. The first-order valence-electron chi connectivity index (χ1n) is 6.19. The van der Waals surface area contributed by atoms with E-state index in [1.807, 2.05) is 43.1 Å². The molecule has 0 heterocycles. The van der Waals surface area contributed by atoms with Crippen LogP contribution >= 0.6 is 23.4 Å². The Balaban J connectivity index is 2.33. The molecule has 0 bridgehead atoms. The Morgan fingerprint density at radius 3 is 2.56 bits per heavy atom. The highest BCUT2D eigenvalue weighted by Crippen LogP contribution is 2.12. The molecule has 100 valence electrons. The summed E-state index contributed by atoms with van der Waals surface area (Å²) in [6.07, 6.45) is 1.79. The predicted octanol–water partition coefficient (Wildman–Crippen LogP) is 3.83. The van der Waals surface area contributed by atoms with E-state index in [1.54, 1.807) is 4.90 Å². The zero-order chi connectivity index (χ0) is 13.4. The van der Waals surface area contributed by atoms with Crippen LogP contribution in [-0.4, -0.2) is 29.4 Å². The molecule has 0 spiro atoms. The number of hydrogen-bond donors (Lipinski definition) is 0. The summed E-state index contributed by atoms with van der Waals surface area (Å²) >= 11 is 7.67. The van der Waals surface area contributed by atoms with Crippen LogP contribution in [0.4, 0.5) is 0 Å². The van der Waals surface area contributed by atoms with E-state index in [4.69, 9.17) is 11.6 Å². The number of halogens is 1. The lowest BCUT2D eigenvalue weighted by molar-refractivity contribution is -0.129. The standard InChI is InChI=1S/C14H20ClNOS/c1-3-9-18-10-8-14(17)16(2)11-12-4-6-13(15)7-5-12/h4-7H,3,8-11H2,1-2H3. The summed E-state index contributed by atoms with van der Waals surface area (Å²) < 4.78 is 0. The number of carbonyl (C=O) groups is 1. The Morgan fingerprint density at radius 1 is 1.28 bits per heavy atom. The van der Waals surface area contributed by atoms with Gasteiger partial charge in [-0.3, -0.25) is 4.79 Å². The Labute approximate surface area is 119 Å². The second-order valence-corrected chi connectivity index (χ2v) is 5.90. The third-order valence-electron chi connectivity index (χ3n) is 2.57. The molecule has 0 aliphatic carbocycles. The predicted molar refractivity (Wildman–Crippen MR) is 80.2 cm³/mol. The molecule has 1 amide bonds. The average Bonchev–Trinajstić information content (AvgIpc) is 2.37. The smallest absolute Gasteiger partial charge is 0.223 e. The highest BCUT2D eigenvalue weighted by atomic mass is 35.5. The van der Waals surface area contributed by atoms with E-state index in [-0.39, 0.29) is 5.91 Å². The fourth-order valence-corrected chi connectivity index (χ4v) is 2.49. The van der Waals surface area contributed by atoms with Gasteiger partial charge in [0.15, 0.2) is 0 Å². The van der Waals surface area contributed by atoms with Crippen molar-refractivity contribution in [3.8, 4) is 0 Å². The van der Waals surface area contributed by atoms with Crippen molar-refractivity contribution >= 4 is 29.3 Å². The third-order valence-corrected chi connectivity index (χ3v) is 4.01. The monoisotopic (exact) mass is 285 g/mol. The van der Waals surface area contributed by atoms with Crippen LogP contribution in [0, 0.1) is 0 Å². The van der Waals surface area contributed by atoms with E-state index in [0.29, 0.717) is 13.0 Å². The van der Waals surface area contributed by atoms with Crippen LogP contribution in [0.25, 0.3) is 0 Å². The number of nitrogens with zero attached hydrogens (tertiary/aromatic N) is 1. The van der Waals surface area contributed by atoms with Crippen molar-refractivity contribution in [3.63, 3.8) is 0 Å². The topological polar surface area (TPSA) is 20.3 Å². The lowest BCUT2D eigenvalue weighted by atomic mass is 10.2. The fraction of sp³-hybridized carbons (Fsp3) is 0.500. The molecular weight excluding hydrogens is 266 g/mol. The summed E-state index contributed by atoms with van der Waals surface area (Å²) in [5.74, 6) is 2.25. The quantitative estimate of drug-likeness (QED) is 0.710. The Morgan fingerprint density at radius 2 is 1.94 bits per heavy atom. The molecule has 1 rings (SSSR count). The Hall–Kier alpha value is -0.670. The van der Waals surface area contributed by atoms with Crippen LogP contribution in [-0.2, 0) is 11.3 Å². The maximum atomic E-state index is 11.9. The first-order chi connectivity index (χ1) is 8.63. The summed E-state index contributed by atoms with van der Waals surface area (Å²) in [6, 6.07) is 7.62. The minimum atomic E-state index is 0.202. The second-order valence-electron chi connectivity index (χ2n) is 4.24. The van der Waals surface area contributed by atoms with Gasteiger partial charge in [-0.05, 0) is 29.9 Å². The largest absolute Gasteiger partial charge is 0.341 e. The number of thioether (sulfide) groups is 1. The highest BCUT2D eigenvalue weighted by Gasteiger charge is 2.08. The van der Waals surface area contributed by atoms with Gasteiger partial charge in [0.1, 0.15) is 0 Å². The maximum absolute atomic E-state index is 11.9. The Bertz CT molecular complexity index is 367. The van der Waals surface area contributed by atoms with Gasteiger partial charge in [0.2, 0.25) is 5.91 Å². The van der Waals surface area contributed by atoms with E-state index >= 15 is 0 Å². The third kappa shape index (κ3) is 5.78. The molecule has 0 unspecified atom stereocenters. The van der Waals surface area contributed by atoms with Crippen LogP contribution in [0.15, 0.2) is 24.3 Å². The van der Waals surface area contributed by atoms with Crippen molar-refractivity contribution in [2.75, 3.05) is 18.6 Å². The van der Waals surface area contributed by atoms with Gasteiger partial charge in [0, 0.05) is 30.8 Å². The summed E-state index contributed by atoms with van der Waals surface area (Å²) in [5.41, 5.74) is 1.11. The molecule has 0 aliphatic rings. The molecule has 0 atom stereocenters. The number of amides is 1. The zero-order valence-corrected chi connectivity index (χ0v) is 12.6. The molecule has 0 saturated carbocycles. The summed E-state index contributed by atoms with van der Waals surface area (Å²) in [4.78, 5) is 13.6. The Kier molecular flexibility index (Phi) is 7.21. The van der Waals surface area contributed by atoms with Gasteiger partial charge < -0.3 is 4.90 Å². The second kappa shape index (κ2) is 8.44. The van der Waals surface area contributed by atoms with Crippen LogP contribution in [0.5, 0.6) is 0 Å². The number of hydrogen-bond acceptors (Lipinski definition) is 2. The molecule has 4 heteroatoms. The molecule has 0 aliphatic heterocycles. The van der Waals surface area contributed by atoms with Crippen molar-refractivity contribution in [3.05, 3.63) is 34.9 Å². The van der Waals surface area contributed by atoms with Crippen molar-refractivity contribution in [1.29, 1.82) is 0 Å². The average molecular weight is 286 g/mol.